The van der Waals surface area contributed by atoms with Crippen LogP contribution in [0.1, 0.15) is 72.6 Å². The molecule has 0 saturated carbocycles. The number of hydrogen-bond donors (Lipinski definition) is 0. The molecule has 0 aromatic rings. The Bertz CT molecular complexity index is 196. The van der Waals surface area contributed by atoms with Gasteiger partial charge < -0.3 is 0 Å². The van der Waals surface area contributed by atoms with E-state index in [1.807, 2.05) is 0 Å². The molecule has 0 amide bonds. The van der Waals surface area contributed by atoms with Crippen molar-refractivity contribution in [1.29, 1.82) is 0 Å². The molecule has 0 rings (SSSR count). The van der Waals surface area contributed by atoms with Crippen molar-refractivity contribution < 1.29 is 0 Å². The van der Waals surface area contributed by atoms with Crippen LogP contribution >= 0.6 is 0 Å². The first-order valence-electron chi connectivity index (χ1n) is 6.52. The molecule has 0 nitrogen and oxygen atoms in total. The Morgan fingerprint density at radius 1 is 0.867 bits per heavy atom. The normalized spacial score (nSPS) is 13.3. The van der Waals surface area contributed by atoms with Crippen molar-refractivity contribution in [1.82, 2.24) is 0 Å². The number of hydrogen-bond acceptors (Lipinski definition) is 0. The largest absolute Gasteiger partial charge is 0.0859 e. The van der Waals surface area contributed by atoms with Crippen molar-refractivity contribution in [2.75, 3.05) is 0 Å². The summed E-state index contributed by atoms with van der Waals surface area (Å²) in [5.41, 5.74) is 3.11. The highest BCUT2D eigenvalue weighted by molar-refractivity contribution is 5.03. The second kappa shape index (κ2) is 10.0. The Morgan fingerprint density at radius 3 is 2.13 bits per heavy atom. The van der Waals surface area contributed by atoms with Gasteiger partial charge in [0.1, 0.15) is 0 Å². The molecule has 0 aliphatic carbocycles. The van der Waals surface area contributed by atoms with E-state index in [1.165, 1.54) is 50.5 Å². The maximum atomic E-state index is 2.42. The van der Waals surface area contributed by atoms with Gasteiger partial charge in [0.25, 0.3) is 0 Å². The molecule has 0 heteroatoms. The molecule has 0 aromatic heterocycles. The van der Waals surface area contributed by atoms with Gasteiger partial charge in [-0.3, -0.25) is 0 Å². The predicted octanol–water partition coefficient (Wildman–Crippen LogP) is 5.65. The molecule has 0 heterocycles. The smallest absolute Gasteiger partial charge is 0.0288 e. The van der Waals surface area contributed by atoms with E-state index in [2.05, 4.69) is 39.8 Å². The summed E-state index contributed by atoms with van der Waals surface area (Å²) >= 11 is 0. The third-order valence-corrected chi connectivity index (χ3v) is 2.76. The van der Waals surface area contributed by atoms with Gasteiger partial charge in [0.05, 0.1) is 0 Å². The van der Waals surface area contributed by atoms with E-state index in [1.54, 1.807) is 5.57 Å². The molecular formula is C15H28. The highest BCUT2D eigenvalue weighted by Gasteiger charge is 1.91. The molecule has 0 unspecified atom stereocenters. The molecule has 0 spiro atoms. The Balaban J connectivity index is 3.62. The van der Waals surface area contributed by atoms with Crippen LogP contribution in [0.3, 0.4) is 0 Å². The summed E-state index contributed by atoms with van der Waals surface area (Å²) in [5.74, 6) is 0. The minimum absolute atomic E-state index is 1.17. The summed E-state index contributed by atoms with van der Waals surface area (Å²) in [5, 5.41) is 0. The topological polar surface area (TPSA) is 0 Å². The summed E-state index contributed by atoms with van der Waals surface area (Å²) < 4.78 is 0. The van der Waals surface area contributed by atoms with E-state index in [0.717, 1.165) is 0 Å². The average Bonchev–Trinajstić information content (AvgIpc) is 2.18. The standard InChI is InChI=1S/C15H28/c1-5-7-8-11-15(4)13-9-12-14(3)10-6-2/h10,13H,5-9,11-12H2,1-4H3. The fourth-order valence-electron chi connectivity index (χ4n) is 1.75. The van der Waals surface area contributed by atoms with E-state index in [4.69, 9.17) is 0 Å². The van der Waals surface area contributed by atoms with Crippen molar-refractivity contribution in [3.63, 3.8) is 0 Å². The fourth-order valence-corrected chi connectivity index (χ4v) is 1.75. The fraction of sp³-hybridized carbons (Fsp3) is 0.733. The Hall–Kier alpha value is -0.520. The lowest BCUT2D eigenvalue weighted by Gasteiger charge is -2.01. The molecule has 0 saturated heterocycles. The number of rotatable bonds is 8. The van der Waals surface area contributed by atoms with Crippen molar-refractivity contribution in [3.05, 3.63) is 23.3 Å². The first kappa shape index (κ1) is 14.5. The average molecular weight is 208 g/mol. The van der Waals surface area contributed by atoms with E-state index < -0.39 is 0 Å². The molecule has 0 radical (unpaired) electrons. The van der Waals surface area contributed by atoms with E-state index in [9.17, 15) is 0 Å². The van der Waals surface area contributed by atoms with Crippen LogP contribution in [0.4, 0.5) is 0 Å². The molecule has 15 heavy (non-hydrogen) atoms. The summed E-state index contributed by atoms with van der Waals surface area (Å²) in [6.07, 6.45) is 13.7. The lowest BCUT2D eigenvalue weighted by Crippen LogP contribution is -1.81. The molecule has 88 valence electrons. The zero-order valence-corrected chi connectivity index (χ0v) is 11.1. The quantitative estimate of drug-likeness (QED) is 0.357. The first-order chi connectivity index (χ1) is 7.20. The molecule has 0 atom stereocenters. The molecule has 0 fully saturated rings. The zero-order valence-electron chi connectivity index (χ0n) is 11.1. The van der Waals surface area contributed by atoms with Gasteiger partial charge in [0.15, 0.2) is 0 Å². The van der Waals surface area contributed by atoms with Gasteiger partial charge in [-0.2, -0.15) is 0 Å². The lowest BCUT2D eigenvalue weighted by molar-refractivity contribution is 0.710. The summed E-state index contributed by atoms with van der Waals surface area (Å²) in [7, 11) is 0. The molecule has 0 aliphatic rings. The predicted molar refractivity (Wildman–Crippen MR) is 71.2 cm³/mol. The number of unbranched alkanes of at least 4 members (excludes halogenated alkanes) is 2. The van der Waals surface area contributed by atoms with Crippen LogP contribution < -0.4 is 0 Å². The van der Waals surface area contributed by atoms with E-state index in [-0.39, 0.29) is 0 Å². The number of allylic oxidation sites excluding steroid dienone is 4. The summed E-state index contributed by atoms with van der Waals surface area (Å²) in [4.78, 5) is 0. The third kappa shape index (κ3) is 9.78. The Morgan fingerprint density at radius 2 is 1.53 bits per heavy atom. The van der Waals surface area contributed by atoms with Gasteiger partial charge in [-0.05, 0) is 46.0 Å². The van der Waals surface area contributed by atoms with Gasteiger partial charge in [0, 0.05) is 0 Å². The van der Waals surface area contributed by atoms with Crippen molar-refractivity contribution in [2.24, 2.45) is 0 Å². The minimum Gasteiger partial charge on any atom is -0.0859 e. The van der Waals surface area contributed by atoms with Crippen molar-refractivity contribution in [2.45, 2.75) is 72.6 Å². The van der Waals surface area contributed by atoms with Crippen molar-refractivity contribution >= 4 is 0 Å². The third-order valence-electron chi connectivity index (χ3n) is 2.76. The van der Waals surface area contributed by atoms with Crippen LogP contribution in [0.25, 0.3) is 0 Å². The van der Waals surface area contributed by atoms with Gasteiger partial charge in [-0.25, -0.2) is 0 Å². The van der Waals surface area contributed by atoms with Crippen LogP contribution in [-0.2, 0) is 0 Å². The molecule has 0 bridgehead atoms. The van der Waals surface area contributed by atoms with Gasteiger partial charge >= 0.3 is 0 Å². The highest BCUT2D eigenvalue weighted by Crippen LogP contribution is 2.12. The van der Waals surface area contributed by atoms with Gasteiger partial charge in [-0.1, -0.05) is 50.0 Å². The maximum Gasteiger partial charge on any atom is -0.0288 e. The summed E-state index contributed by atoms with van der Waals surface area (Å²) in [6, 6.07) is 0. The lowest BCUT2D eigenvalue weighted by atomic mass is 10.1. The molecular weight excluding hydrogens is 180 g/mol. The van der Waals surface area contributed by atoms with Gasteiger partial charge in [-0.15, -0.1) is 0 Å². The molecule has 0 aliphatic heterocycles. The Kier molecular flexibility index (Phi) is 9.67. The second-order valence-corrected chi connectivity index (χ2v) is 4.50. The van der Waals surface area contributed by atoms with Crippen LogP contribution in [0, 0.1) is 0 Å². The highest BCUT2D eigenvalue weighted by atomic mass is 14.0. The van der Waals surface area contributed by atoms with E-state index >= 15 is 0 Å². The molecule has 0 N–H and O–H groups in total. The Labute approximate surface area is 96.5 Å². The maximum absolute atomic E-state index is 2.42. The molecule has 0 aromatic carbocycles. The van der Waals surface area contributed by atoms with Crippen LogP contribution in [0.15, 0.2) is 23.3 Å². The van der Waals surface area contributed by atoms with Crippen LogP contribution in [-0.4, -0.2) is 0 Å². The van der Waals surface area contributed by atoms with Crippen LogP contribution in [0.2, 0.25) is 0 Å². The zero-order chi connectivity index (χ0) is 11.5. The second-order valence-electron chi connectivity index (χ2n) is 4.50. The van der Waals surface area contributed by atoms with Gasteiger partial charge in [0.2, 0.25) is 0 Å². The van der Waals surface area contributed by atoms with Crippen molar-refractivity contribution in [3.8, 4) is 0 Å². The first-order valence-corrected chi connectivity index (χ1v) is 6.52. The summed E-state index contributed by atoms with van der Waals surface area (Å²) in [6.45, 7) is 8.98. The SMILES string of the molecule is CCC=C(C)CCC=C(C)CCCCC. The van der Waals surface area contributed by atoms with E-state index in [0.29, 0.717) is 0 Å². The minimum atomic E-state index is 1.17. The monoisotopic (exact) mass is 208 g/mol. The van der Waals surface area contributed by atoms with Crippen LogP contribution in [0.5, 0.6) is 0 Å².